The monoisotopic (exact) mass is 272 g/mol. The first-order chi connectivity index (χ1) is 9.33. The second kappa shape index (κ2) is 11.2. The molecule has 1 unspecified atom stereocenters. The van der Waals surface area contributed by atoms with E-state index in [0.717, 1.165) is 25.9 Å². The number of carbonyl (C=O) groups is 1. The lowest BCUT2D eigenvalue weighted by atomic mass is 9.94. The van der Waals surface area contributed by atoms with Gasteiger partial charge in [0, 0.05) is 26.7 Å². The summed E-state index contributed by atoms with van der Waals surface area (Å²) in [4.78, 5) is 11.6. The first kappa shape index (κ1) is 16.4. The molecule has 1 aliphatic heterocycles. The fourth-order valence-corrected chi connectivity index (χ4v) is 2.24. The second-order valence-corrected chi connectivity index (χ2v) is 5.06. The van der Waals surface area contributed by atoms with Crippen molar-refractivity contribution in [1.82, 2.24) is 10.6 Å². The largest absolute Gasteiger partial charge is 0.382 e. The van der Waals surface area contributed by atoms with Gasteiger partial charge in [-0.25, -0.2) is 0 Å². The molecule has 1 aliphatic rings. The van der Waals surface area contributed by atoms with Gasteiger partial charge >= 0.3 is 0 Å². The molecule has 0 aliphatic carbocycles. The van der Waals surface area contributed by atoms with Crippen molar-refractivity contribution in [3.8, 4) is 0 Å². The number of amides is 1. The summed E-state index contributed by atoms with van der Waals surface area (Å²) in [7, 11) is 1.66. The molecule has 5 heteroatoms. The molecule has 1 saturated heterocycles. The Labute approximate surface area is 116 Å². The van der Waals surface area contributed by atoms with Crippen molar-refractivity contribution in [3.05, 3.63) is 0 Å². The minimum Gasteiger partial charge on any atom is -0.382 e. The van der Waals surface area contributed by atoms with Gasteiger partial charge < -0.3 is 20.1 Å². The minimum absolute atomic E-state index is 0.169. The van der Waals surface area contributed by atoms with Gasteiger partial charge in [-0.05, 0) is 44.7 Å². The van der Waals surface area contributed by atoms with Crippen LogP contribution in [0.5, 0.6) is 0 Å². The average molecular weight is 272 g/mol. The molecule has 0 aromatic rings. The fraction of sp³-hybridized carbons (Fsp3) is 0.929. The topological polar surface area (TPSA) is 59.6 Å². The van der Waals surface area contributed by atoms with Crippen molar-refractivity contribution in [2.75, 3.05) is 46.6 Å². The van der Waals surface area contributed by atoms with E-state index in [1.807, 2.05) is 0 Å². The van der Waals surface area contributed by atoms with Crippen molar-refractivity contribution >= 4 is 5.91 Å². The lowest BCUT2D eigenvalue weighted by Gasteiger charge is -2.22. The van der Waals surface area contributed by atoms with Crippen LogP contribution in [0, 0.1) is 5.92 Å². The van der Waals surface area contributed by atoms with E-state index in [-0.39, 0.29) is 5.91 Å². The first-order valence-electron chi connectivity index (χ1n) is 7.37. The van der Waals surface area contributed by atoms with Gasteiger partial charge in [0.25, 0.3) is 0 Å². The van der Waals surface area contributed by atoms with Gasteiger partial charge in [-0.3, -0.25) is 4.79 Å². The molecule has 0 bridgehead atoms. The van der Waals surface area contributed by atoms with Crippen molar-refractivity contribution in [1.29, 1.82) is 0 Å². The minimum atomic E-state index is 0.169. The number of piperidine rings is 1. The van der Waals surface area contributed by atoms with Gasteiger partial charge in [0.15, 0.2) is 0 Å². The number of carbonyl (C=O) groups excluding carboxylic acids is 1. The molecule has 0 spiro atoms. The van der Waals surface area contributed by atoms with E-state index in [4.69, 9.17) is 9.47 Å². The van der Waals surface area contributed by atoms with E-state index in [0.29, 0.717) is 38.7 Å². The van der Waals surface area contributed by atoms with Crippen LogP contribution in [0.15, 0.2) is 0 Å². The molecule has 2 N–H and O–H groups in total. The summed E-state index contributed by atoms with van der Waals surface area (Å²) in [5, 5.41) is 6.32. The zero-order chi connectivity index (χ0) is 13.8. The van der Waals surface area contributed by atoms with Gasteiger partial charge in [0.2, 0.25) is 5.91 Å². The Hall–Kier alpha value is -0.650. The molecule has 0 aromatic carbocycles. The summed E-state index contributed by atoms with van der Waals surface area (Å²) >= 11 is 0. The molecular formula is C14H28N2O3. The molecule has 1 amide bonds. The van der Waals surface area contributed by atoms with E-state index < -0.39 is 0 Å². The molecule has 1 atom stereocenters. The summed E-state index contributed by atoms with van der Waals surface area (Å²) in [6.07, 6.45) is 5.01. The van der Waals surface area contributed by atoms with Crippen molar-refractivity contribution < 1.29 is 14.3 Å². The quantitative estimate of drug-likeness (QED) is 0.581. The molecule has 0 radical (unpaired) electrons. The summed E-state index contributed by atoms with van der Waals surface area (Å²) < 4.78 is 10.2. The Morgan fingerprint density at radius 1 is 1.37 bits per heavy atom. The normalized spacial score (nSPS) is 19.3. The second-order valence-electron chi connectivity index (χ2n) is 5.06. The number of methoxy groups -OCH3 is 1. The summed E-state index contributed by atoms with van der Waals surface area (Å²) in [5.74, 6) is 0.847. The number of nitrogens with one attached hydrogen (secondary N) is 2. The Bertz CT molecular complexity index is 231. The molecule has 5 nitrogen and oxygen atoms in total. The van der Waals surface area contributed by atoms with Gasteiger partial charge in [-0.1, -0.05) is 0 Å². The highest BCUT2D eigenvalue weighted by molar-refractivity contribution is 5.75. The lowest BCUT2D eigenvalue weighted by Crippen LogP contribution is -2.31. The predicted molar refractivity (Wildman–Crippen MR) is 75.1 cm³/mol. The van der Waals surface area contributed by atoms with Crippen LogP contribution in [-0.2, 0) is 14.3 Å². The molecule has 1 rings (SSSR count). The Kier molecular flexibility index (Phi) is 9.67. The highest BCUT2D eigenvalue weighted by atomic mass is 16.5. The van der Waals surface area contributed by atoms with E-state index in [2.05, 4.69) is 10.6 Å². The van der Waals surface area contributed by atoms with E-state index >= 15 is 0 Å². The van der Waals surface area contributed by atoms with Gasteiger partial charge in [0.1, 0.15) is 0 Å². The maximum atomic E-state index is 11.6. The third-order valence-electron chi connectivity index (χ3n) is 3.40. The van der Waals surface area contributed by atoms with Crippen LogP contribution in [0.3, 0.4) is 0 Å². The fourth-order valence-electron chi connectivity index (χ4n) is 2.24. The first-order valence-corrected chi connectivity index (χ1v) is 7.37. The third kappa shape index (κ3) is 8.97. The van der Waals surface area contributed by atoms with Gasteiger partial charge in [0.05, 0.1) is 13.2 Å². The Balaban J connectivity index is 1.87. The molecule has 112 valence electrons. The van der Waals surface area contributed by atoms with Crippen molar-refractivity contribution in [2.45, 2.75) is 32.1 Å². The SMILES string of the molecule is COCCOCCCNC(=O)CCC1CCCNC1. The highest BCUT2D eigenvalue weighted by Crippen LogP contribution is 2.15. The molecule has 1 heterocycles. The van der Waals surface area contributed by atoms with Crippen molar-refractivity contribution in [3.63, 3.8) is 0 Å². The smallest absolute Gasteiger partial charge is 0.220 e. The number of rotatable bonds is 10. The van der Waals surface area contributed by atoms with Crippen LogP contribution in [0.1, 0.15) is 32.1 Å². The van der Waals surface area contributed by atoms with Crippen LogP contribution in [0.25, 0.3) is 0 Å². The zero-order valence-electron chi connectivity index (χ0n) is 12.1. The molecule has 19 heavy (non-hydrogen) atoms. The number of hydrogen-bond donors (Lipinski definition) is 2. The maximum absolute atomic E-state index is 11.6. The van der Waals surface area contributed by atoms with Crippen LogP contribution < -0.4 is 10.6 Å². The summed E-state index contributed by atoms with van der Waals surface area (Å²) in [6.45, 7) is 4.83. The van der Waals surface area contributed by atoms with Gasteiger partial charge in [-0.2, -0.15) is 0 Å². The van der Waals surface area contributed by atoms with Gasteiger partial charge in [-0.15, -0.1) is 0 Å². The predicted octanol–water partition coefficient (Wildman–Crippen LogP) is 0.935. The number of hydrogen-bond acceptors (Lipinski definition) is 4. The number of ether oxygens (including phenoxy) is 2. The Morgan fingerprint density at radius 3 is 3.00 bits per heavy atom. The summed E-state index contributed by atoms with van der Waals surface area (Å²) in [5.41, 5.74) is 0. The van der Waals surface area contributed by atoms with E-state index in [1.54, 1.807) is 7.11 Å². The standard InChI is InChI=1S/C14H28N2O3/c1-18-10-11-19-9-3-8-16-14(17)6-5-13-4-2-7-15-12-13/h13,15H,2-12H2,1H3,(H,16,17). The highest BCUT2D eigenvalue weighted by Gasteiger charge is 2.13. The molecule has 1 fully saturated rings. The zero-order valence-corrected chi connectivity index (χ0v) is 12.1. The van der Waals surface area contributed by atoms with Crippen LogP contribution in [0.2, 0.25) is 0 Å². The summed E-state index contributed by atoms with van der Waals surface area (Å²) in [6, 6.07) is 0. The van der Waals surface area contributed by atoms with Crippen molar-refractivity contribution in [2.24, 2.45) is 5.92 Å². The van der Waals surface area contributed by atoms with E-state index in [9.17, 15) is 4.79 Å². The Morgan fingerprint density at radius 2 is 2.26 bits per heavy atom. The third-order valence-corrected chi connectivity index (χ3v) is 3.40. The average Bonchev–Trinajstić information content (AvgIpc) is 2.45. The maximum Gasteiger partial charge on any atom is 0.220 e. The van der Waals surface area contributed by atoms with Crippen LogP contribution in [-0.4, -0.2) is 52.5 Å². The lowest BCUT2D eigenvalue weighted by molar-refractivity contribution is -0.121. The van der Waals surface area contributed by atoms with Crippen LogP contribution >= 0.6 is 0 Å². The van der Waals surface area contributed by atoms with Crippen LogP contribution in [0.4, 0.5) is 0 Å². The van der Waals surface area contributed by atoms with E-state index in [1.165, 1.54) is 12.8 Å². The molecule has 0 saturated carbocycles. The molecule has 0 aromatic heterocycles. The molecular weight excluding hydrogens is 244 g/mol.